The molecule has 1 fully saturated rings. The van der Waals surface area contributed by atoms with E-state index in [1.165, 1.54) is 20.7 Å². The van der Waals surface area contributed by atoms with E-state index < -0.39 is 136 Å². The standard InChI is InChI=1S/C80H96N18O14/c1-12-34-96(76(106)66(80(7,8)9)88-68(100)46(3)82-11)74-72(104)84-59(39-48-21-25-50-17-13-15-19-53(50)36-48)69(101)85-61(77(107)108)38-47-23-29-57(30-24-47)110-43-55-41-97(93-89-55)62-33-35-95(75(105)65(79(4,5)6)87-67(99)45(2)81-10)64(62)71(103)83-60(40-49-22-26-51-18-14-16-20-54(51)37-49)70(102)86-63(73-91-92-78(109)112-73)52-27-31-58(32-28-52)111-44-56-42-98(74)94-90-56/h13-32,36-37,41-42,45-46,59-66,74,81-82H,12,33-35,38-40,43-44H2,1-11H3,(H,83,103)(H,84,104)(H,85,101)(H,86,102)(H,87,99)(H,88,100)(H,92,109)(H,107,108)/t45-,46-,59-,60-,61-,62+,63-,64-,65+,66+,74-/m0/s1. The molecule has 0 unspecified atom stereocenters. The molecule has 6 aromatic carbocycles. The molecule has 11 atom stereocenters. The van der Waals surface area contributed by atoms with Crippen LogP contribution in [-0.2, 0) is 75.6 Å². The predicted molar refractivity (Wildman–Crippen MR) is 411 cm³/mol. The van der Waals surface area contributed by atoms with Gasteiger partial charge in [-0.05, 0) is 120 Å². The minimum absolute atomic E-state index is 0.000902. The summed E-state index contributed by atoms with van der Waals surface area (Å²) in [6.07, 6.45) is 1.18. The number of H-pyrrole nitrogens is 1. The molecule has 0 radical (unpaired) electrons. The van der Waals surface area contributed by atoms with Crippen LogP contribution in [0.3, 0.4) is 0 Å². The Labute approximate surface area is 646 Å². The van der Waals surface area contributed by atoms with Gasteiger partial charge in [0, 0.05) is 32.4 Å². The van der Waals surface area contributed by atoms with E-state index in [-0.39, 0.29) is 75.7 Å². The van der Waals surface area contributed by atoms with E-state index in [4.69, 9.17) is 13.9 Å². The van der Waals surface area contributed by atoms with Crippen LogP contribution in [0.25, 0.3) is 21.5 Å². The number of aromatic amines is 1. The second kappa shape index (κ2) is 35.2. The van der Waals surface area contributed by atoms with Crippen molar-refractivity contribution in [1.29, 1.82) is 0 Å². The molecule has 3 aromatic heterocycles. The van der Waals surface area contributed by atoms with Crippen LogP contribution in [0.2, 0.25) is 0 Å². The summed E-state index contributed by atoms with van der Waals surface area (Å²) in [7, 11) is 3.21. The highest BCUT2D eigenvalue weighted by atomic mass is 16.5. The van der Waals surface area contributed by atoms with Gasteiger partial charge in [-0.25, -0.2) is 24.1 Å². The van der Waals surface area contributed by atoms with E-state index >= 15 is 28.8 Å². The molecule has 10 N–H and O–H groups in total. The van der Waals surface area contributed by atoms with Crippen LogP contribution in [0.1, 0.15) is 133 Å². The molecule has 112 heavy (non-hydrogen) atoms. The van der Waals surface area contributed by atoms with Crippen molar-refractivity contribution in [3.05, 3.63) is 196 Å². The molecule has 9 aromatic rings. The number of carbonyl (C=O) groups excluding carboxylic acids is 8. The Hall–Kier alpha value is -12.2. The van der Waals surface area contributed by atoms with Gasteiger partial charge < -0.3 is 71.3 Å². The first-order valence-electron chi connectivity index (χ1n) is 37.2. The first-order valence-corrected chi connectivity index (χ1v) is 37.2. The number of benzene rings is 6. The van der Waals surface area contributed by atoms with Gasteiger partial charge in [0.1, 0.15) is 78.4 Å². The molecule has 0 aliphatic carbocycles. The van der Waals surface area contributed by atoms with Crippen LogP contribution in [0.4, 0.5) is 0 Å². The van der Waals surface area contributed by atoms with Crippen molar-refractivity contribution in [3.63, 3.8) is 0 Å². The fourth-order valence-electron chi connectivity index (χ4n) is 13.6. The zero-order chi connectivity index (χ0) is 80.3. The molecule has 590 valence electrons. The van der Waals surface area contributed by atoms with Crippen molar-refractivity contribution in [2.45, 2.75) is 174 Å². The highest BCUT2D eigenvalue weighted by molar-refractivity contribution is 5.98. The van der Waals surface area contributed by atoms with Crippen molar-refractivity contribution in [3.8, 4) is 11.5 Å². The fourth-order valence-corrected chi connectivity index (χ4v) is 13.6. The molecule has 5 aliphatic heterocycles. The summed E-state index contributed by atoms with van der Waals surface area (Å²) in [4.78, 5) is 149. The number of hydrogen-bond donors (Lipinski definition) is 10. The van der Waals surface area contributed by atoms with E-state index in [0.29, 0.717) is 33.7 Å². The van der Waals surface area contributed by atoms with Gasteiger partial charge in [0.05, 0.1) is 30.5 Å². The molecule has 5 aliphatic rings. The Morgan fingerprint density at radius 2 is 1.12 bits per heavy atom. The Morgan fingerprint density at radius 3 is 1.64 bits per heavy atom. The van der Waals surface area contributed by atoms with Gasteiger partial charge >= 0.3 is 11.7 Å². The maximum absolute atomic E-state index is 15.8. The Balaban J connectivity index is 0.991. The summed E-state index contributed by atoms with van der Waals surface area (Å²) in [5, 5.41) is 61.6. The molecule has 8 bridgehead atoms. The average Bonchev–Trinajstić information content (AvgIpc) is 1.59. The Kier molecular flexibility index (Phi) is 25.4. The Bertz CT molecular complexity index is 4950. The van der Waals surface area contributed by atoms with Crippen molar-refractivity contribution < 1.29 is 62.1 Å². The van der Waals surface area contributed by atoms with Gasteiger partial charge in [-0.3, -0.25) is 38.4 Å². The zero-order valence-corrected chi connectivity index (χ0v) is 64.4. The van der Waals surface area contributed by atoms with Crippen molar-refractivity contribution in [2.75, 3.05) is 27.2 Å². The van der Waals surface area contributed by atoms with Crippen molar-refractivity contribution >= 4 is 74.8 Å². The van der Waals surface area contributed by atoms with Crippen molar-refractivity contribution in [2.24, 2.45) is 10.8 Å². The van der Waals surface area contributed by atoms with E-state index in [2.05, 4.69) is 73.4 Å². The third-order valence-corrected chi connectivity index (χ3v) is 20.1. The maximum atomic E-state index is 15.8. The number of carboxylic acids is 1. The van der Waals surface area contributed by atoms with Gasteiger partial charge in [0.25, 0.3) is 5.91 Å². The first-order chi connectivity index (χ1) is 53.5. The topological polar surface area (TPSA) is 415 Å². The largest absolute Gasteiger partial charge is 0.487 e. The number of aliphatic carboxylic acids is 1. The fraction of sp³-hybridized carbons (Fsp3) is 0.412. The molecule has 0 spiro atoms. The third-order valence-electron chi connectivity index (χ3n) is 20.1. The van der Waals surface area contributed by atoms with Crippen LogP contribution in [0.5, 0.6) is 11.5 Å². The first kappa shape index (κ1) is 80.8. The summed E-state index contributed by atoms with van der Waals surface area (Å²) < 4.78 is 20.7. The third kappa shape index (κ3) is 19.5. The Morgan fingerprint density at radius 1 is 0.616 bits per heavy atom. The number of hydrogen-bond acceptors (Lipinski definition) is 20. The van der Waals surface area contributed by atoms with Gasteiger partial charge in [0.15, 0.2) is 0 Å². The molecule has 1 saturated heterocycles. The molecular weight excluding hydrogens is 1440 g/mol. The van der Waals surface area contributed by atoms with E-state index in [9.17, 15) is 24.3 Å². The van der Waals surface area contributed by atoms with Gasteiger partial charge in [-0.15, -0.1) is 15.3 Å². The summed E-state index contributed by atoms with van der Waals surface area (Å²) >= 11 is 0. The van der Waals surface area contributed by atoms with Gasteiger partial charge in [-0.2, -0.15) is 0 Å². The lowest BCUT2D eigenvalue weighted by Gasteiger charge is -2.38. The summed E-state index contributed by atoms with van der Waals surface area (Å²) in [6, 6.07) is 27.1. The van der Waals surface area contributed by atoms with Crippen molar-refractivity contribution in [1.82, 2.24) is 92.5 Å². The predicted octanol–water partition coefficient (Wildman–Crippen LogP) is 4.65. The SMILES string of the molecule is CCCN(C(=O)[C@@H](NC(=O)[C@H](C)NC)C(C)(C)C)[C@@H]1C(=O)N[C@@H](Cc2ccc3ccccc3c2)C(=O)N[C@H](C(=O)O)Cc2ccc(cc2)OCc2cn(nn2)[C@@H]2CCN(C(=O)[C@@H](NC(=O)[C@H](C)NC)C(C)(C)C)[C@@H]2C(=O)N[C@@H](Cc2ccc3ccccc3c2)C(=O)N[C@H](c2n[nH]c(=O)o2)c2ccc(cc2)OCc2cn1nn2. The van der Waals surface area contributed by atoms with Crippen LogP contribution in [0.15, 0.2) is 155 Å². The maximum Gasteiger partial charge on any atom is 0.434 e. The molecule has 32 heteroatoms. The van der Waals surface area contributed by atoms with E-state index in [1.807, 2.05) is 78.9 Å². The van der Waals surface area contributed by atoms with Crippen LogP contribution < -0.4 is 57.8 Å². The quantitative estimate of drug-likeness (QED) is 0.0593. The number of likely N-dealkylation sites (tertiary alicyclic amines) is 1. The highest BCUT2D eigenvalue weighted by Crippen LogP contribution is 2.34. The molecule has 32 nitrogen and oxygen atoms in total. The van der Waals surface area contributed by atoms with Gasteiger partial charge in [0.2, 0.25) is 53.4 Å². The van der Waals surface area contributed by atoms with Crippen LogP contribution in [0, 0.1) is 10.8 Å². The number of amides is 8. The zero-order valence-electron chi connectivity index (χ0n) is 64.4. The summed E-state index contributed by atoms with van der Waals surface area (Å²) in [5.74, 6) is -7.56. The number of carboxylic acid groups (broad SMARTS) is 1. The normalized spacial score (nSPS) is 20.1. The van der Waals surface area contributed by atoms with E-state index in [0.717, 1.165) is 26.2 Å². The molecular formula is C80H96N18O14. The van der Waals surface area contributed by atoms with E-state index in [1.54, 1.807) is 137 Å². The summed E-state index contributed by atoms with van der Waals surface area (Å²) in [6.45, 7) is 15.2. The molecule has 8 heterocycles. The monoisotopic (exact) mass is 1530 g/mol. The lowest BCUT2D eigenvalue weighted by molar-refractivity contribution is -0.150. The smallest absolute Gasteiger partial charge is 0.434 e. The number of carbonyl (C=O) groups is 9. The molecule has 0 saturated carbocycles. The number of ether oxygens (including phenoxy) is 2. The number of likely N-dealkylation sites (N-methyl/N-ethyl adjacent to an activating group) is 2. The second-order valence-electron chi connectivity index (χ2n) is 30.4. The highest BCUT2D eigenvalue weighted by Gasteiger charge is 2.49. The van der Waals surface area contributed by atoms with Crippen LogP contribution >= 0.6 is 0 Å². The minimum atomic E-state index is -1.72. The number of fused-ring (bicyclic) bond motifs is 2. The lowest BCUT2D eigenvalue weighted by atomic mass is 9.85. The molecule has 14 rings (SSSR count). The second-order valence-corrected chi connectivity index (χ2v) is 30.4. The minimum Gasteiger partial charge on any atom is -0.487 e. The lowest BCUT2D eigenvalue weighted by Crippen LogP contribution is -2.61. The summed E-state index contributed by atoms with van der Waals surface area (Å²) in [5.41, 5.74) is 0.614. The number of nitrogens with zero attached hydrogens (tertiary/aromatic N) is 9. The van der Waals surface area contributed by atoms with Crippen LogP contribution in [-0.4, -0.2) is 184 Å². The molecule has 8 amide bonds. The number of nitrogens with one attached hydrogen (secondary N) is 9. The number of rotatable bonds is 17. The van der Waals surface area contributed by atoms with Gasteiger partial charge in [-0.1, -0.05) is 168 Å². The number of aromatic nitrogens is 8. The average molecular weight is 1530 g/mol.